The highest BCUT2D eigenvalue weighted by Gasteiger charge is 2.24. The lowest BCUT2D eigenvalue weighted by Crippen LogP contribution is -2.46. The van der Waals surface area contributed by atoms with Gasteiger partial charge < -0.3 is 20.3 Å². The lowest BCUT2D eigenvalue weighted by molar-refractivity contribution is -0.151. The molecule has 0 heterocycles. The molecule has 3 unspecified atom stereocenters. The predicted molar refractivity (Wildman–Crippen MR) is 246 cm³/mol. The largest absolute Gasteiger partial charge is 0.462 e. The second-order valence-corrected chi connectivity index (χ2v) is 16.9. The molecule has 0 bridgehead atoms. The molecule has 0 saturated carbocycles. The van der Waals surface area contributed by atoms with Crippen molar-refractivity contribution >= 4 is 11.9 Å². The quantitative estimate of drug-likeness (QED) is 0.0324. The van der Waals surface area contributed by atoms with Crippen molar-refractivity contribution in [2.75, 3.05) is 6.61 Å². The highest BCUT2D eigenvalue weighted by molar-refractivity contribution is 5.77. The summed E-state index contributed by atoms with van der Waals surface area (Å²) < 4.78 is 5.89. The first-order valence-electron chi connectivity index (χ1n) is 24.7. The SMILES string of the molecule is CCC/C=C\CCCCCC(CC(=O)NC(CO)C(O)CCCCCCCCCCCCCCC)OC(=O)CCCCCCCCC/C=C\C/C=C\CCCCC. The number of aliphatic hydroxyl groups is 2. The summed E-state index contributed by atoms with van der Waals surface area (Å²) in [7, 11) is 0. The fourth-order valence-electron chi connectivity index (χ4n) is 7.40. The van der Waals surface area contributed by atoms with E-state index in [0.29, 0.717) is 19.3 Å². The lowest BCUT2D eigenvalue weighted by Gasteiger charge is -2.24. The molecule has 1 amide bonds. The summed E-state index contributed by atoms with van der Waals surface area (Å²) in [5.74, 6) is -0.497. The molecule has 3 atom stereocenters. The molecule has 0 aliphatic heterocycles. The minimum absolute atomic E-state index is 0.0645. The maximum atomic E-state index is 13.1. The molecule has 0 spiro atoms. The molecule has 57 heavy (non-hydrogen) atoms. The van der Waals surface area contributed by atoms with Crippen molar-refractivity contribution < 1.29 is 24.5 Å². The van der Waals surface area contributed by atoms with Crippen LogP contribution in [-0.4, -0.2) is 46.9 Å². The lowest BCUT2D eigenvalue weighted by atomic mass is 10.0. The Morgan fingerprint density at radius 2 is 0.930 bits per heavy atom. The Bertz CT molecular complexity index is 946. The van der Waals surface area contributed by atoms with Crippen LogP contribution in [0.4, 0.5) is 0 Å². The van der Waals surface area contributed by atoms with Gasteiger partial charge in [-0.25, -0.2) is 0 Å². The number of carbonyl (C=O) groups is 2. The first-order chi connectivity index (χ1) is 28.0. The fourth-order valence-corrected chi connectivity index (χ4v) is 7.40. The third-order valence-electron chi connectivity index (χ3n) is 11.2. The van der Waals surface area contributed by atoms with Crippen LogP contribution in [0, 0.1) is 0 Å². The molecule has 0 saturated heterocycles. The van der Waals surface area contributed by atoms with Gasteiger partial charge in [0.2, 0.25) is 5.91 Å². The van der Waals surface area contributed by atoms with E-state index >= 15 is 0 Å². The van der Waals surface area contributed by atoms with Crippen molar-refractivity contribution in [3.8, 4) is 0 Å². The van der Waals surface area contributed by atoms with E-state index < -0.39 is 18.2 Å². The number of nitrogens with one attached hydrogen (secondary N) is 1. The molecule has 0 rings (SSSR count). The van der Waals surface area contributed by atoms with Crippen LogP contribution >= 0.6 is 0 Å². The minimum atomic E-state index is -0.789. The molecular formula is C51H95NO5. The highest BCUT2D eigenvalue weighted by atomic mass is 16.5. The summed E-state index contributed by atoms with van der Waals surface area (Å²) >= 11 is 0. The van der Waals surface area contributed by atoms with Crippen molar-refractivity contribution in [1.29, 1.82) is 0 Å². The molecular weight excluding hydrogens is 707 g/mol. The Hall–Kier alpha value is -1.92. The number of ether oxygens (including phenoxy) is 1. The van der Waals surface area contributed by atoms with Crippen LogP contribution in [0.1, 0.15) is 252 Å². The number of amides is 1. The Balaban J connectivity index is 4.43. The van der Waals surface area contributed by atoms with Gasteiger partial charge in [0, 0.05) is 6.42 Å². The number of hydrogen-bond acceptors (Lipinski definition) is 5. The van der Waals surface area contributed by atoms with Gasteiger partial charge in [-0.15, -0.1) is 0 Å². The molecule has 0 aromatic carbocycles. The summed E-state index contributed by atoms with van der Waals surface area (Å²) in [6, 6.07) is -0.704. The number of hydrogen-bond donors (Lipinski definition) is 3. The third kappa shape index (κ3) is 40.6. The number of esters is 1. The van der Waals surface area contributed by atoms with Crippen molar-refractivity contribution in [3.05, 3.63) is 36.5 Å². The molecule has 0 aliphatic carbocycles. The molecule has 6 heteroatoms. The van der Waals surface area contributed by atoms with E-state index in [9.17, 15) is 19.8 Å². The summed E-state index contributed by atoms with van der Waals surface area (Å²) in [6.45, 7) is 6.38. The second kappa shape index (κ2) is 45.2. The number of aliphatic hydroxyl groups excluding tert-OH is 2. The van der Waals surface area contributed by atoms with Gasteiger partial charge in [0.15, 0.2) is 0 Å². The first kappa shape index (κ1) is 55.1. The first-order valence-corrected chi connectivity index (χ1v) is 24.7. The molecule has 0 aromatic rings. The summed E-state index contributed by atoms with van der Waals surface area (Å²) in [4.78, 5) is 26.0. The zero-order valence-corrected chi connectivity index (χ0v) is 38.0. The topological polar surface area (TPSA) is 95.9 Å². The van der Waals surface area contributed by atoms with Gasteiger partial charge in [0.05, 0.1) is 25.2 Å². The van der Waals surface area contributed by atoms with Crippen LogP contribution in [0.2, 0.25) is 0 Å². The molecule has 3 N–H and O–H groups in total. The van der Waals surface area contributed by atoms with E-state index in [-0.39, 0.29) is 24.9 Å². The highest BCUT2D eigenvalue weighted by Crippen LogP contribution is 2.17. The Kier molecular flexibility index (Phi) is 43.6. The van der Waals surface area contributed by atoms with Gasteiger partial charge in [-0.1, -0.05) is 198 Å². The second-order valence-electron chi connectivity index (χ2n) is 16.9. The maximum Gasteiger partial charge on any atom is 0.306 e. The van der Waals surface area contributed by atoms with Gasteiger partial charge in [0.25, 0.3) is 0 Å². The smallest absolute Gasteiger partial charge is 0.306 e. The van der Waals surface area contributed by atoms with Gasteiger partial charge in [-0.3, -0.25) is 9.59 Å². The van der Waals surface area contributed by atoms with Crippen molar-refractivity contribution in [1.82, 2.24) is 5.32 Å². The van der Waals surface area contributed by atoms with Crippen LogP contribution in [0.3, 0.4) is 0 Å². The van der Waals surface area contributed by atoms with Crippen LogP contribution in [0.15, 0.2) is 36.5 Å². The molecule has 0 aromatic heterocycles. The third-order valence-corrected chi connectivity index (χ3v) is 11.2. The van der Waals surface area contributed by atoms with Gasteiger partial charge in [0.1, 0.15) is 6.10 Å². The van der Waals surface area contributed by atoms with E-state index in [1.165, 1.54) is 116 Å². The van der Waals surface area contributed by atoms with Crippen molar-refractivity contribution in [2.24, 2.45) is 0 Å². The minimum Gasteiger partial charge on any atom is -0.462 e. The normalized spacial score (nSPS) is 13.6. The maximum absolute atomic E-state index is 13.1. The van der Waals surface area contributed by atoms with Crippen LogP contribution in [0.5, 0.6) is 0 Å². The van der Waals surface area contributed by atoms with Crippen molar-refractivity contribution in [3.63, 3.8) is 0 Å². The number of carbonyl (C=O) groups excluding carboxylic acids is 2. The van der Waals surface area contributed by atoms with Crippen LogP contribution in [-0.2, 0) is 14.3 Å². The average molecular weight is 802 g/mol. The zero-order chi connectivity index (χ0) is 41.7. The average Bonchev–Trinajstić information content (AvgIpc) is 3.20. The predicted octanol–water partition coefficient (Wildman–Crippen LogP) is 14.5. The molecule has 0 radical (unpaired) electrons. The van der Waals surface area contributed by atoms with Crippen molar-refractivity contribution in [2.45, 2.75) is 270 Å². The summed E-state index contributed by atoms with van der Waals surface area (Å²) in [5, 5.41) is 23.7. The van der Waals surface area contributed by atoms with E-state index in [1.807, 2.05) is 0 Å². The molecule has 6 nitrogen and oxygen atoms in total. The van der Waals surface area contributed by atoms with E-state index in [4.69, 9.17) is 4.74 Å². The standard InChI is InChI=1S/C51H95NO5/c1-4-7-10-13-16-19-21-23-24-25-26-28-30-32-35-38-41-44-51(56)57-47(42-39-36-33-18-15-12-9-6-3)45-50(55)52-48(46-53)49(54)43-40-37-34-31-29-27-22-20-17-14-11-8-5-2/h12,15-16,19,23-24,47-49,53-54H,4-11,13-14,17-18,20-22,25-46H2,1-3H3,(H,52,55)/b15-12-,19-16-,24-23-. The monoisotopic (exact) mass is 802 g/mol. The Morgan fingerprint density at radius 1 is 0.509 bits per heavy atom. The summed E-state index contributed by atoms with van der Waals surface area (Å²) in [6.07, 6.45) is 52.1. The number of unbranched alkanes of at least 4 members (excludes halogenated alkanes) is 26. The van der Waals surface area contributed by atoms with Gasteiger partial charge >= 0.3 is 5.97 Å². The molecule has 0 aliphatic rings. The van der Waals surface area contributed by atoms with E-state index in [2.05, 4.69) is 62.5 Å². The van der Waals surface area contributed by atoms with E-state index in [0.717, 1.165) is 89.9 Å². The molecule has 0 fully saturated rings. The number of allylic oxidation sites excluding steroid dienone is 6. The molecule has 334 valence electrons. The zero-order valence-electron chi connectivity index (χ0n) is 38.0. The Labute approximate surface area is 353 Å². The van der Waals surface area contributed by atoms with Crippen LogP contribution < -0.4 is 5.32 Å². The van der Waals surface area contributed by atoms with Gasteiger partial charge in [-0.2, -0.15) is 0 Å². The van der Waals surface area contributed by atoms with Gasteiger partial charge in [-0.05, 0) is 77.0 Å². The van der Waals surface area contributed by atoms with E-state index in [1.54, 1.807) is 0 Å². The summed E-state index contributed by atoms with van der Waals surface area (Å²) in [5.41, 5.74) is 0. The fraction of sp³-hybridized carbons (Fsp3) is 0.843. The Morgan fingerprint density at radius 3 is 1.47 bits per heavy atom. The van der Waals surface area contributed by atoms with Crippen LogP contribution in [0.25, 0.3) is 0 Å². The number of rotatable bonds is 44.